The molecule has 0 amide bonds. The van der Waals surface area contributed by atoms with Gasteiger partial charge in [-0.3, -0.25) is 0 Å². The maximum Gasteiger partial charge on any atom is 0.122 e. The van der Waals surface area contributed by atoms with Crippen LogP contribution in [0.4, 0.5) is 0 Å². The first-order valence-electron chi connectivity index (χ1n) is 6.70. The summed E-state index contributed by atoms with van der Waals surface area (Å²) in [5.74, 6) is 2.26. The van der Waals surface area contributed by atoms with E-state index in [0.29, 0.717) is 5.92 Å². The summed E-state index contributed by atoms with van der Waals surface area (Å²) in [7, 11) is 1.69. The highest BCUT2D eigenvalue weighted by molar-refractivity contribution is 6.30. The SMILES string of the molecule is COc1ccc(Cl)cc1CC(N)C1CCCC1C. The van der Waals surface area contributed by atoms with Crippen molar-refractivity contribution >= 4 is 11.6 Å². The van der Waals surface area contributed by atoms with Crippen LogP contribution in [0.5, 0.6) is 5.75 Å². The van der Waals surface area contributed by atoms with E-state index in [1.807, 2.05) is 18.2 Å². The number of methoxy groups -OCH3 is 1. The Morgan fingerprint density at radius 1 is 1.44 bits per heavy atom. The molecular formula is C15H22ClNO. The van der Waals surface area contributed by atoms with Gasteiger partial charge >= 0.3 is 0 Å². The highest BCUT2D eigenvalue weighted by Crippen LogP contribution is 2.35. The second-order valence-electron chi connectivity index (χ2n) is 5.40. The molecule has 2 rings (SSSR count). The van der Waals surface area contributed by atoms with Crippen molar-refractivity contribution in [3.63, 3.8) is 0 Å². The van der Waals surface area contributed by atoms with Crippen LogP contribution in [-0.4, -0.2) is 13.2 Å². The Bertz CT molecular complexity index is 407. The molecule has 1 saturated carbocycles. The molecule has 0 aromatic heterocycles. The third-order valence-corrected chi connectivity index (χ3v) is 4.41. The zero-order valence-electron chi connectivity index (χ0n) is 11.2. The Kier molecular flexibility index (Phi) is 4.52. The number of hydrogen-bond donors (Lipinski definition) is 1. The van der Waals surface area contributed by atoms with E-state index in [-0.39, 0.29) is 6.04 Å². The minimum absolute atomic E-state index is 0.204. The molecule has 100 valence electrons. The number of halogens is 1. The van der Waals surface area contributed by atoms with Crippen molar-refractivity contribution in [1.82, 2.24) is 0 Å². The largest absolute Gasteiger partial charge is 0.496 e. The minimum Gasteiger partial charge on any atom is -0.496 e. The average Bonchev–Trinajstić information content (AvgIpc) is 2.76. The molecule has 0 radical (unpaired) electrons. The lowest BCUT2D eigenvalue weighted by molar-refractivity contribution is 0.338. The van der Waals surface area contributed by atoms with Gasteiger partial charge in [0, 0.05) is 11.1 Å². The zero-order valence-corrected chi connectivity index (χ0v) is 11.9. The van der Waals surface area contributed by atoms with Crippen LogP contribution < -0.4 is 10.5 Å². The van der Waals surface area contributed by atoms with Crippen molar-refractivity contribution < 1.29 is 4.74 Å². The van der Waals surface area contributed by atoms with E-state index in [9.17, 15) is 0 Å². The van der Waals surface area contributed by atoms with E-state index in [2.05, 4.69) is 6.92 Å². The van der Waals surface area contributed by atoms with Gasteiger partial charge in [-0.25, -0.2) is 0 Å². The second kappa shape index (κ2) is 5.94. The number of ether oxygens (including phenoxy) is 1. The Balaban J connectivity index is 2.10. The fraction of sp³-hybridized carbons (Fsp3) is 0.600. The normalized spacial score (nSPS) is 25.1. The van der Waals surface area contributed by atoms with Crippen LogP contribution in [0.15, 0.2) is 18.2 Å². The molecule has 3 unspecified atom stereocenters. The molecule has 1 aromatic carbocycles. The maximum atomic E-state index is 6.38. The predicted molar refractivity (Wildman–Crippen MR) is 76.2 cm³/mol. The summed E-state index contributed by atoms with van der Waals surface area (Å²) in [6.07, 6.45) is 4.72. The molecule has 1 aromatic rings. The Hall–Kier alpha value is -0.730. The third kappa shape index (κ3) is 2.99. The fourth-order valence-electron chi connectivity index (χ4n) is 3.12. The molecule has 0 saturated heterocycles. The van der Waals surface area contributed by atoms with Crippen molar-refractivity contribution in [1.29, 1.82) is 0 Å². The quantitative estimate of drug-likeness (QED) is 0.904. The van der Waals surface area contributed by atoms with Crippen LogP contribution in [-0.2, 0) is 6.42 Å². The highest BCUT2D eigenvalue weighted by atomic mass is 35.5. The molecule has 2 nitrogen and oxygen atoms in total. The predicted octanol–water partition coefficient (Wildman–Crippen LogP) is 3.65. The van der Waals surface area contributed by atoms with Crippen molar-refractivity contribution in [3.05, 3.63) is 28.8 Å². The third-order valence-electron chi connectivity index (χ3n) is 4.18. The molecule has 1 fully saturated rings. The first-order chi connectivity index (χ1) is 8.61. The van der Waals surface area contributed by atoms with Gasteiger partial charge in [-0.15, -0.1) is 0 Å². The monoisotopic (exact) mass is 267 g/mol. The molecular weight excluding hydrogens is 246 g/mol. The van der Waals surface area contributed by atoms with E-state index in [1.54, 1.807) is 7.11 Å². The van der Waals surface area contributed by atoms with E-state index in [1.165, 1.54) is 19.3 Å². The summed E-state index contributed by atoms with van der Waals surface area (Å²) in [4.78, 5) is 0. The summed E-state index contributed by atoms with van der Waals surface area (Å²) in [6.45, 7) is 2.31. The van der Waals surface area contributed by atoms with Crippen molar-refractivity contribution in [2.75, 3.05) is 7.11 Å². The molecule has 3 atom stereocenters. The summed E-state index contributed by atoms with van der Waals surface area (Å²) < 4.78 is 5.38. The molecule has 1 aliphatic rings. The van der Waals surface area contributed by atoms with Gasteiger partial charge in [-0.1, -0.05) is 31.4 Å². The summed E-state index contributed by atoms with van der Waals surface area (Å²) in [6, 6.07) is 5.95. The lowest BCUT2D eigenvalue weighted by Crippen LogP contribution is -2.33. The van der Waals surface area contributed by atoms with Gasteiger partial charge in [-0.2, -0.15) is 0 Å². The smallest absolute Gasteiger partial charge is 0.122 e. The zero-order chi connectivity index (χ0) is 13.1. The molecule has 2 N–H and O–H groups in total. The Labute approximate surface area is 114 Å². The second-order valence-corrected chi connectivity index (χ2v) is 5.83. The molecule has 18 heavy (non-hydrogen) atoms. The van der Waals surface area contributed by atoms with E-state index in [4.69, 9.17) is 22.1 Å². The number of rotatable bonds is 4. The fourth-order valence-corrected chi connectivity index (χ4v) is 3.32. The molecule has 0 aliphatic heterocycles. The highest BCUT2D eigenvalue weighted by Gasteiger charge is 2.29. The van der Waals surface area contributed by atoms with Crippen LogP contribution >= 0.6 is 11.6 Å². The first kappa shape index (κ1) is 13.7. The van der Waals surface area contributed by atoms with Gasteiger partial charge in [0.25, 0.3) is 0 Å². The molecule has 0 bridgehead atoms. The number of hydrogen-bond acceptors (Lipinski definition) is 2. The van der Waals surface area contributed by atoms with Crippen molar-refractivity contribution in [2.24, 2.45) is 17.6 Å². The number of benzene rings is 1. The lowest BCUT2D eigenvalue weighted by Gasteiger charge is -2.24. The van der Waals surface area contributed by atoms with Gasteiger partial charge < -0.3 is 10.5 Å². The van der Waals surface area contributed by atoms with Gasteiger partial charge in [0.15, 0.2) is 0 Å². The van der Waals surface area contributed by atoms with Crippen molar-refractivity contribution in [2.45, 2.75) is 38.6 Å². The maximum absolute atomic E-state index is 6.38. The van der Waals surface area contributed by atoms with Gasteiger partial charge in [0.05, 0.1) is 7.11 Å². The van der Waals surface area contributed by atoms with Gasteiger partial charge in [0.2, 0.25) is 0 Å². The van der Waals surface area contributed by atoms with Gasteiger partial charge in [0.1, 0.15) is 5.75 Å². The van der Waals surface area contributed by atoms with E-state index >= 15 is 0 Å². The van der Waals surface area contributed by atoms with Crippen LogP contribution in [0.25, 0.3) is 0 Å². The van der Waals surface area contributed by atoms with Crippen LogP contribution in [0.1, 0.15) is 31.7 Å². The first-order valence-corrected chi connectivity index (χ1v) is 7.07. The average molecular weight is 268 g/mol. The van der Waals surface area contributed by atoms with Gasteiger partial charge in [-0.05, 0) is 48.4 Å². The summed E-state index contributed by atoms with van der Waals surface area (Å²) >= 11 is 6.05. The molecule has 0 spiro atoms. The summed E-state index contributed by atoms with van der Waals surface area (Å²) in [5, 5.41) is 0.748. The van der Waals surface area contributed by atoms with E-state index in [0.717, 1.165) is 28.7 Å². The summed E-state index contributed by atoms with van der Waals surface area (Å²) in [5.41, 5.74) is 7.50. The molecule has 0 heterocycles. The van der Waals surface area contributed by atoms with Crippen LogP contribution in [0.2, 0.25) is 5.02 Å². The van der Waals surface area contributed by atoms with E-state index < -0.39 is 0 Å². The Morgan fingerprint density at radius 3 is 2.83 bits per heavy atom. The lowest BCUT2D eigenvalue weighted by atomic mass is 9.87. The van der Waals surface area contributed by atoms with Crippen molar-refractivity contribution in [3.8, 4) is 5.75 Å². The Morgan fingerprint density at radius 2 is 2.22 bits per heavy atom. The van der Waals surface area contributed by atoms with Crippen LogP contribution in [0.3, 0.4) is 0 Å². The van der Waals surface area contributed by atoms with Crippen LogP contribution in [0, 0.1) is 11.8 Å². The standard InChI is InChI=1S/C15H22ClNO/c1-10-4-3-5-13(10)14(17)9-11-8-12(16)6-7-15(11)18-2/h6-8,10,13-14H,3-5,9,17H2,1-2H3. The topological polar surface area (TPSA) is 35.2 Å². The molecule has 3 heteroatoms. The number of nitrogens with two attached hydrogens (primary N) is 1. The minimum atomic E-state index is 0.204. The molecule has 1 aliphatic carbocycles.